The van der Waals surface area contributed by atoms with Gasteiger partial charge in [-0.2, -0.15) is 0 Å². The number of nitrogens with one attached hydrogen (secondary N) is 2. The predicted octanol–water partition coefficient (Wildman–Crippen LogP) is 4.62. The van der Waals surface area contributed by atoms with Crippen molar-refractivity contribution in [2.45, 2.75) is 31.1 Å². The Morgan fingerprint density at radius 1 is 0.919 bits per heavy atom. The lowest BCUT2D eigenvalue weighted by atomic mass is 9.83. The maximum absolute atomic E-state index is 13.5. The van der Waals surface area contributed by atoms with Crippen molar-refractivity contribution in [1.82, 2.24) is 9.47 Å². The molecular formula is C28H28N4O3S2. The van der Waals surface area contributed by atoms with E-state index in [1.165, 1.54) is 18.7 Å². The number of benzene rings is 2. The molecule has 2 N–H and O–H groups in total. The zero-order valence-electron chi connectivity index (χ0n) is 20.4. The molecule has 2 aromatic carbocycles. The van der Waals surface area contributed by atoms with Gasteiger partial charge in [0.15, 0.2) is 0 Å². The summed E-state index contributed by atoms with van der Waals surface area (Å²) in [6.45, 7) is 3.66. The van der Waals surface area contributed by atoms with E-state index in [1.807, 2.05) is 47.0 Å². The number of carbonyl (C=O) groups is 2. The normalized spacial score (nSPS) is 18.9. The highest BCUT2D eigenvalue weighted by atomic mass is 32.2. The summed E-state index contributed by atoms with van der Waals surface area (Å²) in [6, 6.07) is 22.2. The van der Waals surface area contributed by atoms with Gasteiger partial charge in [-0.25, -0.2) is 0 Å². The first kappa shape index (κ1) is 25.2. The number of piperidine rings is 1. The van der Waals surface area contributed by atoms with Crippen LogP contribution in [0, 0.1) is 5.92 Å². The molecule has 1 aromatic heterocycles. The van der Waals surface area contributed by atoms with E-state index in [-0.39, 0.29) is 23.3 Å². The van der Waals surface area contributed by atoms with Crippen LogP contribution in [-0.4, -0.2) is 38.7 Å². The molecule has 3 heterocycles. The summed E-state index contributed by atoms with van der Waals surface area (Å²) in [6.07, 6.45) is 1.05. The summed E-state index contributed by atoms with van der Waals surface area (Å²) >= 11 is 7.28. The monoisotopic (exact) mass is 532 g/mol. The highest BCUT2D eigenvalue weighted by molar-refractivity contribution is 8.23. The number of rotatable bonds is 5. The fourth-order valence-electron chi connectivity index (χ4n) is 5.17. The molecule has 0 spiro atoms. The first-order valence-electron chi connectivity index (χ1n) is 12.3. The second kappa shape index (κ2) is 10.9. The Balaban J connectivity index is 1.31. The van der Waals surface area contributed by atoms with Gasteiger partial charge in [0, 0.05) is 55.6 Å². The van der Waals surface area contributed by atoms with E-state index in [4.69, 9.17) is 12.2 Å². The molecule has 0 aliphatic carbocycles. The minimum absolute atomic E-state index is 0.0588. The Labute approximate surface area is 225 Å². The molecule has 0 radical (unpaired) electrons. The maximum atomic E-state index is 13.5. The van der Waals surface area contributed by atoms with E-state index >= 15 is 0 Å². The summed E-state index contributed by atoms with van der Waals surface area (Å²) in [5.74, 6) is 0.269. The molecule has 3 atom stereocenters. The predicted molar refractivity (Wildman–Crippen MR) is 152 cm³/mol. The van der Waals surface area contributed by atoms with Gasteiger partial charge in [-0.1, -0.05) is 60.4 Å². The quantitative estimate of drug-likeness (QED) is 0.467. The van der Waals surface area contributed by atoms with E-state index in [9.17, 15) is 14.4 Å². The van der Waals surface area contributed by atoms with Crippen molar-refractivity contribution in [3.05, 3.63) is 94.4 Å². The Kier molecular flexibility index (Phi) is 7.43. The largest absolute Gasteiger partial charge is 0.356 e. The summed E-state index contributed by atoms with van der Waals surface area (Å²) in [5, 5.41) is 5.20. The zero-order valence-corrected chi connectivity index (χ0v) is 22.1. The SMILES string of the molecule is CC(=O)Nc1ccc(NC(=O)[C@@H](SC(=S)N2C[C@@H]3C[C@@H](C2)c2cccc(=O)n2C3)c2ccccc2)cc1. The number of pyridine rings is 1. The minimum Gasteiger partial charge on any atom is -0.356 e. The summed E-state index contributed by atoms with van der Waals surface area (Å²) < 4.78 is 2.59. The van der Waals surface area contributed by atoms with Crippen molar-refractivity contribution < 1.29 is 9.59 Å². The molecule has 2 amide bonds. The van der Waals surface area contributed by atoms with Crippen LogP contribution in [0.15, 0.2) is 77.6 Å². The fraction of sp³-hybridized carbons (Fsp3) is 0.286. The maximum Gasteiger partial charge on any atom is 0.250 e. The molecule has 9 heteroatoms. The van der Waals surface area contributed by atoms with Gasteiger partial charge >= 0.3 is 0 Å². The third kappa shape index (κ3) is 5.78. The lowest BCUT2D eigenvalue weighted by Gasteiger charge is -2.43. The van der Waals surface area contributed by atoms with Gasteiger partial charge in [0.05, 0.1) is 0 Å². The van der Waals surface area contributed by atoms with Crippen molar-refractivity contribution in [3.63, 3.8) is 0 Å². The first-order chi connectivity index (χ1) is 17.9. The van der Waals surface area contributed by atoms with Gasteiger partial charge in [-0.05, 0) is 48.2 Å². The van der Waals surface area contributed by atoms with Crippen LogP contribution in [-0.2, 0) is 16.1 Å². The zero-order chi connectivity index (χ0) is 25.9. The van der Waals surface area contributed by atoms with Crippen LogP contribution in [0.3, 0.4) is 0 Å². The summed E-state index contributed by atoms with van der Waals surface area (Å²) in [7, 11) is 0. The van der Waals surface area contributed by atoms with Crippen molar-refractivity contribution in [2.75, 3.05) is 23.7 Å². The van der Waals surface area contributed by atoms with Crippen LogP contribution in [0.2, 0.25) is 0 Å². The molecule has 5 rings (SSSR count). The van der Waals surface area contributed by atoms with Gasteiger partial charge in [-0.15, -0.1) is 0 Å². The van der Waals surface area contributed by atoms with E-state index in [2.05, 4.69) is 15.5 Å². The number of aromatic nitrogens is 1. The molecule has 2 aliphatic heterocycles. The lowest BCUT2D eigenvalue weighted by Crippen LogP contribution is -2.48. The Bertz CT molecular complexity index is 1370. The van der Waals surface area contributed by atoms with Crippen molar-refractivity contribution in [1.29, 1.82) is 0 Å². The topological polar surface area (TPSA) is 83.4 Å². The van der Waals surface area contributed by atoms with Crippen LogP contribution in [0.5, 0.6) is 0 Å². The number of thioether (sulfide) groups is 1. The van der Waals surface area contributed by atoms with Crippen LogP contribution in [0.25, 0.3) is 0 Å². The first-order valence-corrected chi connectivity index (χ1v) is 13.5. The number of nitrogens with zero attached hydrogens (tertiary/aromatic N) is 2. The van der Waals surface area contributed by atoms with Gasteiger partial charge in [0.1, 0.15) is 9.57 Å². The van der Waals surface area contributed by atoms with Gasteiger partial charge < -0.3 is 20.1 Å². The molecule has 2 aliphatic rings. The average molecular weight is 533 g/mol. The number of carbonyl (C=O) groups excluding carboxylic acids is 2. The van der Waals surface area contributed by atoms with E-state index in [1.54, 1.807) is 30.3 Å². The van der Waals surface area contributed by atoms with Crippen molar-refractivity contribution in [3.8, 4) is 0 Å². The number of thiocarbonyl (C=S) groups is 1. The van der Waals surface area contributed by atoms with Crippen LogP contribution in [0.1, 0.15) is 35.8 Å². The van der Waals surface area contributed by atoms with Gasteiger partial charge in [0.25, 0.3) is 5.56 Å². The van der Waals surface area contributed by atoms with E-state index < -0.39 is 5.25 Å². The molecule has 1 saturated heterocycles. The molecule has 0 saturated carbocycles. The molecule has 1 fully saturated rings. The number of hydrogen-bond acceptors (Lipinski definition) is 5. The Morgan fingerprint density at radius 3 is 2.32 bits per heavy atom. The third-order valence-corrected chi connectivity index (χ3v) is 8.50. The van der Waals surface area contributed by atoms with E-state index in [0.29, 0.717) is 28.2 Å². The number of likely N-dealkylation sites (tertiary alicyclic amines) is 1. The summed E-state index contributed by atoms with van der Waals surface area (Å²) in [4.78, 5) is 39.3. The standard InChI is InChI=1S/C28H28N4O3S2/c1-18(33)29-22-10-12-23(13-11-22)30-27(35)26(20-6-3-2-4-7-20)37-28(36)31-15-19-14-21(17-31)24-8-5-9-25(34)32(24)16-19/h2-13,19,21,26H,14-17H2,1H3,(H,29,33)(H,30,35)/t19-,21-,26-/m0/s1. The second-order valence-corrected chi connectivity index (χ2v) is 11.3. The molecule has 190 valence electrons. The number of fused-ring (bicyclic) bond motifs is 4. The Morgan fingerprint density at radius 2 is 1.62 bits per heavy atom. The summed E-state index contributed by atoms with van der Waals surface area (Å²) in [5.41, 5.74) is 3.31. The highest BCUT2D eigenvalue weighted by Gasteiger charge is 2.36. The molecule has 7 nitrogen and oxygen atoms in total. The number of anilines is 2. The van der Waals surface area contributed by atoms with Crippen molar-refractivity contribution >= 4 is 51.5 Å². The molecule has 3 aromatic rings. The molecule has 0 unspecified atom stereocenters. The Hall–Kier alpha value is -3.43. The number of amides is 2. The lowest BCUT2D eigenvalue weighted by molar-refractivity contribution is -0.116. The van der Waals surface area contributed by atoms with Crippen LogP contribution < -0.4 is 16.2 Å². The molecule has 37 heavy (non-hydrogen) atoms. The molecule has 2 bridgehead atoms. The number of hydrogen-bond donors (Lipinski definition) is 2. The highest BCUT2D eigenvalue weighted by Crippen LogP contribution is 2.39. The third-order valence-electron chi connectivity index (χ3n) is 6.77. The van der Waals surface area contributed by atoms with Gasteiger partial charge in [-0.3, -0.25) is 14.4 Å². The molecular weight excluding hydrogens is 504 g/mol. The van der Waals surface area contributed by atoms with E-state index in [0.717, 1.165) is 30.8 Å². The minimum atomic E-state index is -0.527. The van der Waals surface area contributed by atoms with Crippen LogP contribution in [0.4, 0.5) is 11.4 Å². The second-order valence-electron chi connectivity index (χ2n) is 9.53. The van der Waals surface area contributed by atoms with Crippen molar-refractivity contribution in [2.24, 2.45) is 5.92 Å². The fourth-order valence-corrected chi connectivity index (χ4v) is 6.57. The van der Waals surface area contributed by atoms with Crippen LogP contribution >= 0.6 is 24.0 Å². The average Bonchev–Trinajstić information content (AvgIpc) is 2.89. The van der Waals surface area contributed by atoms with Gasteiger partial charge in [0.2, 0.25) is 11.8 Å². The smallest absolute Gasteiger partial charge is 0.250 e.